The number of rotatable bonds is 5. The molecule has 0 radical (unpaired) electrons. The van der Waals surface area contributed by atoms with Gasteiger partial charge in [0.1, 0.15) is 11.6 Å². The quantitative estimate of drug-likeness (QED) is 0.782. The molecule has 2 aromatic heterocycles. The molecule has 1 aliphatic heterocycles. The van der Waals surface area contributed by atoms with Crippen LogP contribution in [0, 0.1) is 12.8 Å². The molecule has 8 nitrogen and oxygen atoms in total. The predicted octanol–water partition coefficient (Wildman–Crippen LogP) is 0.532. The highest BCUT2D eigenvalue weighted by Crippen LogP contribution is 2.33. The maximum atomic E-state index is 12.2. The summed E-state index contributed by atoms with van der Waals surface area (Å²) in [5.74, 6) is 1.96. The van der Waals surface area contributed by atoms with Crippen molar-refractivity contribution in [1.29, 1.82) is 0 Å². The highest BCUT2D eigenvalue weighted by Gasteiger charge is 2.40. The Morgan fingerprint density at radius 1 is 1.29 bits per heavy atom. The molecule has 130 valence electrons. The second-order valence-electron chi connectivity index (χ2n) is 6.90. The predicted molar refractivity (Wildman–Crippen MR) is 91.3 cm³/mol. The van der Waals surface area contributed by atoms with Crippen molar-refractivity contribution in [2.75, 3.05) is 31.6 Å². The van der Waals surface area contributed by atoms with Crippen LogP contribution in [0.1, 0.15) is 18.7 Å². The summed E-state index contributed by atoms with van der Waals surface area (Å²) < 4.78 is 27.7. The summed E-state index contributed by atoms with van der Waals surface area (Å²) in [4.78, 5) is 11.2. The third-order valence-corrected chi connectivity index (χ3v) is 7.17. The van der Waals surface area contributed by atoms with Crippen LogP contribution in [-0.4, -0.2) is 64.4 Å². The Bertz CT molecular complexity index is 883. The van der Waals surface area contributed by atoms with Crippen molar-refractivity contribution in [2.24, 2.45) is 13.0 Å². The fourth-order valence-electron chi connectivity index (χ4n) is 3.30. The molecule has 3 heterocycles. The maximum Gasteiger partial charge on any atom is 0.216 e. The standard InChI is InChI=1S/C15H22N6O2S/c1-10-17-14-13(6-16-20(14)3)15(18-10)21-8-11(9-21)7-19(2)24(22,23)12-4-5-12/h6,11-12H,4-5,7-9H2,1-3H3. The minimum Gasteiger partial charge on any atom is -0.355 e. The first-order chi connectivity index (χ1) is 11.4. The Kier molecular flexibility index (Phi) is 3.54. The molecule has 0 unspecified atom stereocenters. The molecule has 0 atom stereocenters. The van der Waals surface area contributed by atoms with Crippen LogP contribution in [0.5, 0.6) is 0 Å². The maximum absolute atomic E-state index is 12.2. The first kappa shape index (κ1) is 15.8. The van der Waals surface area contributed by atoms with Crippen LogP contribution in [0.15, 0.2) is 6.20 Å². The minimum atomic E-state index is -3.08. The van der Waals surface area contributed by atoms with Crippen LogP contribution in [0.25, 0.3) is 11.0 Å². The highest BCUT2D eigenvalue weighted by molar-refractivity contribution is 7.90. The molecule has 0 spiro atoms. The van der Waals surface area contributed by atoms with Gasteiger partial charge in [0.15, 0.2) is 5.65 Å². The van der Waals surface area contributed by atoms with Crippen molar-refractivity contribution in [2.45, 2.75) is 25.0 Å². The van der Waals surface area contributed by atoms with Gasteiger partial charge in [-0.3, -0.25) is 4.68 Å². The molecular weight excluding hydrogens is 328 g/mol. The lowest BCUT2D eigenvalue weighted by Gasteiger charge is -2.41. The van der Waals surface area contributed by atoms with Crippen molar-refractivity contribution in [3.8, 4) is 0 Å². The van der Waals surface area contributed by atoms with Crippen LogP contribution >= 0.6 is 0 Å². The van der Waals surface area contributed by atoms with E-state index in [1.54, 1.807) is 17.9 Å². The molecule has 2 aromatic rings. The van der Waals surface area contributed by atoms with E-state index in [9.17, 15) is 8.42 Å². The van der Waals surface area contributed by atoms with Gasteiger partial charge in [-0.2, -0.15) is 5.10 Å². The van der Waals surface area contributed by atoms with E-state index >= 15 is 0 Å². The van der Waals surface area contributed by atoms with E-state index in [2.05, 4.69) is 20.0 Å². The van der Waals surface area contributed by atoms with E-state index in [0.717, 1.165) is 48.6 Å². The molecule has 24 heavy (non-hydrogen) atoms. The Hall–Kier alpha value is -1.74. The first-order valence-corrected chi connectivity index (χ1v) is 9.73. The molecule has 1 saturated heterocycles. The highest BCUT2D eigenvalue weighted by atomic mass is 32.2. The van der Waals surface area contributed by atoms with Crippen LogP contribution in [0.2, 0.25) is 0 Å². The van der Waals surface area contributed by atoms with Gasteiger partial charge in [-0.05, 0) is 19.8 Å². The summed E-state index contributed by atoms with van der Waals surface area (Å²) >= 11 is 0. The molecule has 0 aromatic carbocycles. The lowest BCUT2D eigenvalue weighted by molar-refractivity contribution is 0.326. The largest absolute Gasteiger partial charge is 0.355 e. The number of fused-ring (bicyclic) bond motifs is 1. The first-order valence-electron chi connectivity index (χ1n) is 8.22. The van der Waals surface area contributed by atoms with Crippen LogP contribution < -0.4 is 4.90 Å². The molecule has 2 aliphatic rings. The molecule has 4 rings (SSSR count). The Labute approximate surface area is 141 Å². The summed E-state index contributed by atoms with van der Waals surface area (Å²) in [5.41, 5.74) is 0.828. The summed E-state index contributed by atoms with van der Waals surface area (Å²) in [6, 6.07) is 0. The second-order valence-corrected chi connectivity index (χ2v) is 9.22. The zero-order valence-corrected chi connectivity index (χ0v) is 15.0. The Morgan fingerprint density at radius 3 is 2.67 bits per heavy atom. The Balaban J connectivity index is 1.46. The fraction of sp³-hybridized carbons (Fsp3) is 0.667. The third kappa shape index (κ3) is 2.55. The van der Waals surface area contributed by atoms with E-state index in [1.165, 1.54) is 4.31 Å². The van der Waals surface area contributed by atoms with Crippen molar-refractivity contribution < 1.29 is 8.42 Å². The molecule has 1 saturated carbocycles. The summed E-state index contributed by atoms with van der Waals surface area (Å²) in [6.07, 6.45) is 3.41. The van der Waals surface area contributed by atoms with Crippen molar-refractivity contribution in [1.82, 2.24) is 24.1 Å². The number of aromatic nitrogens is 4. The number of anilines is 1. The molecule has 1 aliphatic carbocycles. The fourth-order valence-corrected chi connectivity index (χ4v) is 4.96. The van der Waals surface area contributed by atoms with Gasteiger partial charge < -0.3 is 4.90 Å². The van der Waals surface area contributed by atoms with Crippen molar-refractivity contribution in [3.05, 3.63) is 12.0 Å². The van der Waals surface area contributed by atoms with E-state index < -0.39 is 10.0 Å². The second kappa shape index (κ2) is 5.38. The SMILES string of the molecule is Cc1nc(N2CC(CN(C)S(=O)(=O)C3CC3)C2)c2cnn(C)c2n1. The Morgan fingerprint density at radius 2 is 2.00 bits per heavy atom. The zero-order valence-electron chi connectivity index (χ0n) is 14.2. The average Bonchev–Trinajstić information content (AvgIpc) is 3.28. The van der Waals surface area contributed by atoms with Crippen molar-refractivity contribution >= 4 is 26.9 Å². The molecular formula is C15H22N6O2S. The van der Waals surface area contributed by atoms with Gasteiger partial charge in [0.05, 0.1) is 16.8 Å². The van der Waals surface area contributed by atoms with Crippen LogP contribution in [0.3, 0.4) is 0 Å². The zero-order chi connectivity index (χ0) is 17.1. The molecule has 0 bridgehead atoms. The van der Waals surface area contributed by atoms with E-state index in [-0.39, 0.29) is 5.25 Å². The van der Waals surface area contributed by atoms with Gasteiger partial charge in [0.2, 0.25) is 10.0 Å². The molecule has 0 amide bonds. The number of hydrogen-bond acceptors (Lipinski definition) is 6. The molecule has 2 fully saturated rings. The number of sulfonamides is 1. The smallest absolute Gasteiger partial charge is 0.216 e. The van der Waals surface area contributed by atoms with Gasteiger partial charge >= 0.3 is 0 Å². The number of aryl methyl sites for hydroxylation is 2. The average molecular weight is 350 g/mol. The van der Waals surface area contributed by atoms with Gasteiger partial charge in [-0.1, -0.05) is 0 Å². The topological polar surface area (TPSA) is 84.2 Å². The van der Waals surface area contributed by atoms with E-state index in [0.29, 0.717) is 12.5 Å². The lowest BCUT2D eigenvalue weighted by atomic mass is 10.00. The lowest BCUT2D eigenvalue weighted by Crippen LogP contribution is -2.52. The van der Waals surface area contributed by atoms with Gasteiger partial charge in [-0.15, -0.1) is 0 Å². The van der Waals surface area contributed by atoms with Gasteiger partial charge in [0, 0.05) is 39.6 Å². The number of nitrogens with zero attached hydrogens (tertiary/aromatic N) is 6. The minimum absolute atomic E-state index is 0.141. The summed E-state index contributed by atoms with van der Waals surface area (Å²) in [5, 5.41) is 5.07. The van der Waals surface area contributed by atoms with E-state index in [4.69, 9.17) is 0 Å². The summed E-state index contributed by atoms with van der Waals surface area (Å²) in [7, 11) is 0.488. The third-order valence-electron chi connectivity index (χ3n) is 4.84. The van der Waals surface area contributed by atoms with Crippen LogP contribution in [0.4, 0.5) is 5.82 Å². The van der Waals surface area contributed by atoms with Crippen LogP contribution in [-0.2, 0) is 17.1 Å². The molecule has 0 N–H and O–H groups in total. The number of hydrogen-bond donors (Lipinski definition) is 0. The normalized spacial score (nSPS) is 19.2. The molecule has 9 heteroatoms. The van der Waals surface area contributed by atoms with E-state index in [1.807, 2.05) is 14.0 Å². The van der Waals surface area contributed by atoms with Crippen molar-refractivity contribution in [3.63, 3.8) is 0 Å². The summed E-state index contributed by atoms with van der Waals surface area (Å²) in [6.45, 7) is 4.08. The van der Waals surface area contributed by atoms with Gasteiger partial charge in [-0.25, -0.2) is 22.7 Å². The monoisotopic (exact) mass is 350 g/mol. The van der Waals surface area contributed by atoms with Gasteiger partial charge in [0.25, 0.3) is 0 Å².